The van der Waals surface area contributed by atoms with Gasteiger partial charge in [0.2, 0.25) is 0 Å². The lowest BCUT2D eigenvalue weighted by atomic mass is 10.3. The van der Waals surface area contributed by atoms with E-state index in [-0.39, 0.29) is 0 Å². The molecule has 3 nitrogen and oxygen atoms in total. The topological polar surface area (TPSA) is 33.6 Å². The third-order valence-electron chi connectivity index (χ3n) is 1.72. The molecule has 1 N–H and O–H groups in total. The average molecular weight is 291 g/mol. The summed E-state index contributed by atoms with van der Waals surface area (Å²) in [6, 6.07) is 5.49. The lowest BCUT2D eigenvalue weighted by Gasteiger charge is -2.04. The lowest BCUT2D eigenvalue weighted by molar-refractivity contribution is 1.02. The van der Waals surface area contributed by atoms with Gasteiger partial charge in [0.25, 0.3) is 0 Å². The molecule has 0 atom stereocenters. The molecular weight excluding hydrogens is 286 g/mol. The molecule has 6 heteroatoms. The minimum Gasteiger partial charge on any atom is -0.274 e. The molecule has 0 aliphatic heterocycles. The minimum atomic E-state index is 0.535. The Morgan fingerprint density at radius 3 is 2.93 bits per heavy atom. The summed E-state index contributed by atoms with van der Waals surface area (Å²) < 4.78 is 3.19. The van der Waals surface area contributed by atoms with Gasteiger partial charge >= 0.3 is 0 Å². The molecule has 0 radical (unpaired) electrons. The van der Waals surface area contributed by atoms with Crippen LogP contribution in [0, 0.1) is 4.77 Å². The SMILES string of the molecule is S=c1[nH]ncn1-c1cc(Cl)ccc1Br. The number of rotatable bonds is 1. The predicted molar refractivity (Wildman–Crippen MR) is 61.5 cm³/mol. The summed E-state index contributed by atoms with van der Waals surface area (Å²) in [5.41, 5.74) is 0.872. The van der Waals surface area contributed by atoms with Crippen LogP contribution in [0.1, 0.15) is 0 Å². The zero-order valence-corrected chi connectivity index (χ0v) is 10.0. The number of aromatic nitrogens is 3. The molecule has 0 amide bonds. The first-order chi connectivity index (χ1) is 6.68. The largest absolute Gasteiger partial charge is 0.274 e. The summed E-state index contributed by atoms with van der Waals surface area (Å²) in [4.78, 5) is 0. The number of hydrogen-bond acceptors (Lipinski definition) is 2. The molecule has 0 aliphatic rings. The van der Waals surface area contributed by atoms with Crippen molar-refractivity contribution in [2.45, 2.75) is 0 Å². The predicted octanol–water partition coefficient (Wildman–Crippen LogP) is 3.35. The Balaban J connectivity index is 2.68. The molecule has 0 spiro atoms. The van der Waals surface area contributed by atoms with Crippen LogP contribution in [-0.4, -0.2) is 14.8 Å². The molecule has 0 aliphatic carbocycles. The molecule has 2 aromatic rings. The van der Waals surface area contributed by atoms with Crippen molar-refractivity contribution in [1.82, 2.24) is 14.8 Å². The summed E-state index contributed by atoms with van der Waals surface area (Å²) in [5.74, 6) is 0. The van der Waals surface area contributed by atoms with E-state index in [0.717, 1.165) is 10.2 Å². The first-order valence-electron chi connectivity index (χ1n) is 3.76. The van der Waals surface area contributed by atoms with Crippen LogP contribution in [0.25, 0.3) is 5.69 Å². The van der Waals surface area contributed by atoms with E-state index < -0.39 is 0 Å². The Bertz CT molecular complexity index is 519. The molecule has 0 fully saturated rings. The summed E-state index contributed by atoms with van der Waals surface area (Å²) in [6.45, 7) is 0. The first-order valence-corrected chi connectivity index (χ1v) is 5.34. The Labute approximate surface area is 98.8 Å². The summed E-state index contributed by atoms with van der Waals surface area (Å²) in [6.07, 6.45) is 1.61. The fraction of sp³-hybridized carbons (Fsp3) is 0. The van der Waals surface area contributed by atoms with E-state index in [1.807, 2.05) is 12.1 Å². The highest BCUT2D eigenvalue weighted by Gasteiger charge is 2.04. The van der Waals surface area contributed by atoms with Crippen molar-refractivity contribution in [3.8, 4) is 5.69 Å². The highest BCUT2D eigenvalue weighted by atomic mass is 79.9. The number of nitrogens with one attached hydrogen (secondary N) is 1. The number of nitrogens with zero attached hydrogens (tertiary/aromatic N) is 2. The van der Waals surface area contributed by atoms with Crippen LogP contribution in [0.4, 0.5) is 0 Å². The Morgan fingerprint density at radius 2 is 2.29 bits per heavy atom. The van der Waals surface area contributed by atoms with E-state index in [0.29, 0.717) is 9.79 Å². The molecule has 14 heavy (non-hydrogen) atoms. The van der Waals surface area contributed by atoms with Crippen molar-refractivity contribution >= 4 is 39.7 Å². The molecule has 1 heterocycles. The maximum Gasteiger partial charge on any atom is 0.199 e. The van der Waals surface area contributed by atoms with E-state index in [1.165, 1.54) is 0 Å². The first kappa shape index (κ1) is 9.89. The van der Waals surface area contributed by atoms with Gasteiger partial charge in [0, 0.05) is 9.50 Å². The molecule has 1 aromatic carbocycles. The van der Waals surface area contributed by atoms with E-state index >= 15 is 0 Å². The highest BCUT2D eigenvalue weighted by Crippen LogP contribution is 2.24. The van der Waals surface area contributed by atoms with Crippen LogP contribution in [0.15, 0.2) is 29.0 Å². The molecule has 0 saturated heterocycles. The van der Waals surface area contributed by atoms with Crippen molar-refractivity contribution in [1.29, 1.82) is 0 Å². The van der Waals surface area contributed by atoms with Crippen LogP contribution in [0.2, 0.25) is 5.02 Å². The van der Waals surface area contributed by atoms with E-state index in [4.69, 9.17) is 23.8 Å². The number of halogens is 2. The third kappa shape index (κ3) is 1.75. The summed E-state index contributed by atoms with van der Waals surface area (Å²) >= 11 is 14.4. The molecule has 0 saturated carbocycles. The number of hydrogen-bond donors (Lipinski definition) is 1. The second kappa shape index (κ2) is 3.84. The van der Waals surface area contributed by atoms with Crippen LogP contribution in [-0.2, 0) is 0 Å². The second-order valence-electron chi connectivity index (χ2n) is 2.63. The molecular formula is C8H5BrClN3S. The Hall–Kier alpha value is -0.650. The van der Waals surface area contributed by atoms with Crippen LogP contribution in [0.3, 0.4) is 0 Å². The van der Waals surface area contributed by atoms with Crippen molar-refractivity contribution in [3.63, 3.8) is 0 Å². The fourth-order valence-electron chi connectivity index (χ4n) is 1.09. The number of aromatic amines is 1. The van der Waals surface area contributed by atoms with Gasteiger partial charge in [-0.25, -0.2) is 0 Å². The second-order valence-corrected chi connectivity index (χ2v) is 4.30. The van der Waals surface area contributed by atoms with Gasteiger partial charge in [-0.1, -0.05) is 11.6 Å². The normalized spacial score (nSPS) is 10.4. The van der Waals surface area contributed by atoms with Crippen LogP contribution in [0.5, 0.6) is 0 Å². The van der Waals surface area contributed by atoms with Crippen molar-refractivity contribution in [3.05, 3.63) is 38.8 Å². The van der Waals surface area contributed by atoms with Crippen LogP contribution >= 0.6 is 39.7 Å². The third-order valence-corrected chi connectivity index (χ3v) is 2.91. The molecule has 2 rings (SSSR count). The van der Waals surface area contributed by atoms with Gasteiger partial charge in [-0.05, 0) is 46.3 Å². The monoisotopic (exact) mass is 289 g/mol. The van der Waals surface area contributed by atoms with E-state index in [2.05, 4.69) is 26.1 Å². The van der Waals surface area contributed by atoms with E-state index in [1.54, 1.807) is 17.0 Å². The molecule has 0 unspecified atom stereocenters. The maximum absolute atomic E-state index is 5.89. The van der Waals surface area contributed by atoms with Crippen molar-refractivity contribution < 1.29 is 0 Å². The average Bonchev–Trinajstić information content (AvgIpc) is 2.56. The Morgan fingerprint density at radius 1 is 1.50 bits per heavy atom. The molecule has 0 bridgehead atoms. The maximum atomic E-state index is 5.89. The highest BCUT2D eigenvalue weighted by molar-refractivity contribution is 9.10. The van der Waals surface area contributed by atoms with Crippen molar-refractivity contribution in [2.75, 3.05) is 0 Å². The van der Waals surface area contributed by atoms with E-state index in [9.17, 15) is 0 Å². The fourth-order valence-corrected chi connectivity index (χ4v) is 1.89. The molecule has 72 valence electrons. The standard InChI is InChI=1S/C8H5BrClN3S/c9-6-2-1-5(10)3-7(6)13-4-11-12-8(13)14/h1-4H,(H,12,14). The lowest BCUT2D eigenvalue weighted by Crippen LogP contribution is -1.93. The van der Waals surface area contributed by atoms with Gasteiger partial charge in [0.1, 0.15) is 6.33 Å². The van der Waals surface area contributed by atoms with Gasteiger partial charge in [-0.3, -0.25) is 9.67 Å². The molecule has 1 aromatic heterocycles. The van der Waals surface area contributed by atoms with Gasteiger partial charge in [-0.2, -0.15) is 5.10 Å². The van der Waals surface area contributed by atoms with Gasteiger partial charge in [0.05, 0.1) is 5.69 Å². The number of benzene rings is 1. The smallest absolute Gasteiger partial charge is 0.199 e. The van der Waals surface area contributed by atoms with Crippen molar-refractivity contribution in [2.24, 2.45) is 0 Å². The minimum absolute atomic E-state index is 0.535. The van der Waals surface area contributed by atoms with Gasteiger partial charge in [-0.15, -0.1) is 0 Å². The number of H-pyrrole nitrogens is 1. The summed E-state index contributed by atoms with van der Waals surface area (Å²) in [7, 11) is 0. The van der Waals surface area contributed by atoms with Gasteiger partial charge < -0.3 is 0 Å². The zero-order chi connectivity index (χ0) is 10.1. The Kier molecular flexibility index (Phi) is 2.71. The van der Waals surface area contributed by atoms with Crippen LogP contribution < -0.4 is 0 Å². The quantitative estimate of drug-likeness (QED) is 0.817. The zero-order valence-electron chi connectivity index (χ0n) is 6.87. The van der Waals surface area contributed by atoms with Gasteiger partial charge in [0.15, 0.2) is 4.77 Å². The summed E-state index contributed by atoms with van der Waals surface area (Å²) in [5, 5.41) is 7.18.